The molecule has 0 aliphatic heterocycles. The maximum Gasteiger partial charge on any atom is 4.00 e. The van der Waals surface area contributed by atoms with Gasteiger partial charge in [0.05, 0.1) is 0 Å². The van der Waals surface area contributed by atoms with Crippen molar-refractivity contribution in [2.24, 2.45) is 0 Å². The summed E-state index contributed by atoms with van der Waals surface area (Å²) >= 11 is 0. The number of hydrogen-bond donors (Lipinski definition) is 0. The van der Waals surface area contributed by atoms with Crippen molar-refractivity contribution in [3.05, 3.63) is 98.8 Å². The number of rotatable bonds is 2. The molecule has 0 spiro atoms. The summed E-state index contributed by atoms with van der Waals surface area (Å²) in [5, 5.41) is 5.55. The van der Waals surface area contributed by atoms with Gasteiger partial charge >= 0.3 is 25.8 Å². The molecular formula is C24H28Hf. The third kappa shape index (κ3) is 5.25. The van der Waals surface area contributed by atoms with Gasteiger partial charge in [-0.2, -0.15) is 12.1 Å². The van der Waals surface area contributed by atoms with Gasteiger partial charge in [0, 0.05) is 0 Å². The summed E-state index contributed by atoms with van der Waals surface area (Å²) in [6.07, 6.45) is 2.26. The van der Waals surface area contributed by atoms with Gasteiger partial charge in [-0.25, -0.2) is 0 Å². The molecule has 0 bridgehead atoms. The Hall–Kier alpha value is -1.47. The van der Waals surface area contributed by atoms with E-state index in [2.05, 4.69) is 86.6 Å². The molecule has 0 heterocycles. The minimum atomic E-state index is 0. The summed E-state index contributed by atoms with van der Waals surface area (Å²) in [5.74, 6) is 0. The van der Waals surface area contributed by atoms with E-state index in [1.165, 1.54) is 32.7 Å². The van der Waals surface area contributed by atoms with Gasteiger partial charge in [0.15, 0.2) is 0 Å². The van der Waals surface area contributed by atoms with E-state index < -0.39 is 0 Å². The molecule has 1 heteroatoms. The zero-order valence-corrected chi connectivity index (χ0v) is 19.4. The van der Waals surface area contributed by atoms with Crippen LogP contribution in [0.5, 0.6) is 0 Å². The monoisotopic (exact) mass is 496 g/mol. The molecule has 4 rings (SSSR count). The third-order valence-electron chi connectivity index (χ3n) is 4.30. The van der Waals surface area contributed by atoms with E-state index in [9.17, 15) is 0 Å². The van der Waals surface area contributed by atoms with Crippen molar-refractivity contribution in [1.29, 1.82) is 0 Å². The average Bonchev–Trinajstić information content (AvgIpc) is 3.19. The summed E-state index contributed by atoms with van der Waals surface area (Å²) in [4.78, 5) is 0. The van der Waals surface area contributed by atoms with Crippen LogP contribution in [0.25, 0.3) is 21.5 Å². The standard InChI is InChI=1S/2C11H11.2CH3.Hf/c2*1-2-9-7-8-10-5-3-4-6-11(9)10;;;/h2*3-8H,2H2,1H3;2*1H3;/q4*-1;+4. The van der Waals surface area contributed by atoms with Gasteiger partial charge in [-0.15, -0.1) is 81.2 Å². The Kier molecular flexibility index (Phi) is 10.5. The van der Waals surface area contributed by atoms with E-state index in [-0.39, 0.29) is 40.7 Å². The number of benzene rings is 2. The van der Waals surface area contributed by atoms with E-state index >= 15 is 0 Å². The van der Waals surface area contributed by atoms with Gasteiger partial charge in [-0.1, -0.05) is 38.8 Å². The average molecular weight is 495 g/mol. The van der Waals surface area contributed by atoms with E-state index in [1.54, 1.807) is 0 Å². The maximum absolute atomic E-state index is 2.21. The minimum Gasteiger partial charge on any atom is -0.358 e. The van der Waals surface area contributed by atoms with Crippen LogP contribution in [0.2, 0.25) is 0 Å². The first-order valence-corrected chi connectivity index (χ1v) is 8.10. The number of fused-ring (bicyclic) bond motifs is 2. The molecule has 0 radical (unpaired) electrons. The van der Waals surface area contributed by atoms with Crippen molar-refractivity contribution in [3.8, 4) is 0 Å². The van der Waals surface area contributed by atoms with E-state index in [1.807, 2.05) is 0 Å². The molecule has 0 unspecified atom stereocenters. The fourth-order valence-electron chi connectivity index (χ4n) is 3.05. The maximum atomic E-state index is 2.21. The fraction of sp³-hybridized carbons (Fsp3) is 0.167. The second-order valence-electron chi connectivity index (χ2n) is 5.60. The largest absolute Gasteiger partial charge is 4.00 e. The van der Waals surface area contributed by atoms with E-state index in [4.69, 9.17) is 0 Å². The van der Waals surface area contributed by atoms with Crippen LogP contribution < -0.4 is 0 Å². The first-order valence-electron chi connectivity index (χ1n) is 8.10. The Labute approximate surface area is 172 Å². The van der Waals surface area contributed by atoms with Gasteiger partial charge in [0.1, 0.15) is 0 Å². The predicted molar refractivity (Wildman–Crippen MR) is 111 cm³/mol. The van der Waals surface area contributed by atoms with Crippen LogP contribution >= 0.6 is 0 Å². The van der Waals surface area contributed by atoms with Gasteiger partial charge in [-0.3, -0.25) is 0 Å². The quantitative estimate of drug-likeness (QED) is 0.205. The van der Waals surface area contributed by atoms with Gasteiger partial charge in [0.2, 0.25) is 0 Å². The second kappa shape index (κ2) is 11.2. The molecule has 4 aromatic carbocycles. The number of hydrogen-bond acceptors (Lipinski definition) is 0. The summed E-state index contributed by atoms with van der Waals surface area (Å²) in [6.45, 7) is 4.39. The Balaban J connectivity index is 0.000000411. The van der Waals surface area contributed by atoms with Crippen LogP contribution in [-0.2, 0) is 38.7 Å². The summed E-state index contributed by atoms with van der Waals surface area (Å²) in [5.41, 5.74) is 2.92. The van der Waals surface area contributed by atoms with Crippen molar-refractivity contribution in [3.63, 3.8) is 0 Å². The molecule has 0 N–H and O–H groups in total. The Morgan fingerprint density at radius 3 is 1.32 bits per heavy atom. The zero-order valence-electron chi connectivity index (χ0n) is 15.8. The molecule has 0 aliphatic rings. The predicted octanol–water partition coefficient (Wildman–Crippen LogP) is 7.14. The van der Waals surface area contributed by atoms with Crippen molar-refractivity contribution >= 4 is 21.5 Å². The molecule has 0 aromatic heterocycles. The Bertz CT molecular complexity index is 790. The van der Waals surface area contributed by atoms with Crippen LogP contribution in [0.4, 0.5) is 0 Å². The molecule has 0 aliphatic carbocycles. The molecule has 0 saturated carbocycles. The SMILES string of the molecule is CC[c-]1ccc2ccccc21.CC[c-]1ccc2ccccc21.[CH3-].[CH3-].[Hf+4]. The van der Waals surface area contributed by atoms with Crippen molar-refractivity contribution in [2.45, 2.75) is 26.7 Å². The normalized spacial score (nSPS) is 9.36. The molecule has 0 fully saturated rings. The van der Waals surface area contributed by atoms with Gasteiger partial charge < -0.3 is 14.9 Å². The summed E-state index contributed by atoms with van der Waals surface area (Å²) in [6, 6.07) is 25.9. The zero-order chi connectivity index (χ0) is 15.4. The smallest absolute Gasteiger partial charge is 0.358 e. The first kappa shape index (κ1) is 23.5. The van der Waals surface area contributed by atoms with Crippen LogP contribution in [0.15, 0.2) is 72.8 Å². The molecule has 128 valence electrons. The molecule has 4 aromatic rings. The van der Waals surface area contributed by atoms with Gasteiger partial charge in [-0.05, 0) is 0 Å². The molecule has 0 nitrogen and oxygen atoms in total. The van der Waals surface area contributed by atoms with Crippen LogP contribution in [0, 0.1) is 14.9 Å². The third-order valence-corrected chi connectivity index (χ3v) is 4.30. The summed E-state index contributed by atoms with van der Waals surface area (Å²) < 4.78 is 0. The van der Waals surface area contributed by atoms with Gasteiger partial charge in [0.25, 0.3) is 0 Å². The van der Waals surface area contributed by atoms with Crippen LogP contribution in [0.3, 0.4) is 0 Å². The fourth-order valence-corrected chi connectivity index (χ4v) is 3.05. The van der Waals surface area contributed by atoms with Crippen molar-refractivity contribution in [2.75, 3.05) is 0 Å². The molecular weight excluding hydrogens is 467 g/mol. The van der Waals surface area contributed by atoms with Crippen molar-refractivity contribution < 1.29 is 25.8 Å². The topological polar surface area (TPSA) is 0 Å². The van der Waals surface area contributed by atoms with Crippen molar-refractivity contribution in [1.82, 2.24) is 0 Å². The molecule has 0 amide bonds. The van der Waals surface area contributed by atoms with Crippen LogP contribution in [0.1, 0.15) is 25.0 Å². The van der Waals surface area contributed by atoms with E-state index in [0.29, 0.717) is 0 Å². The molecule has 25 heavy (non-hydrogen) atoms. The van der Waals surface area contributed by atoms with E-state index in [0.717, 1.165) is 12.8 Å². The Morgan fingerprint density at radius 1 is 0.600 bits per heavy atom. The minimum absolute atomic E-state index is 0. The molecule has 0 saturated heterocycles. The number of aryl methyl sites for hydroxylation is 2. The second-order valence-corrected chi connectivity index (χ2v) is 5.60. The molecule has 0 atom stereocenters. The summed E-state index contributed by atoms with van der Waals surface area (Å²) in [7, 11) is 0. The Morgan fingerprint density at radius 2 is 0.960 bits per heavy atom. The van der Waals surface area contributed by atoms with Crippen LogP contribution in [-0.4, -0.2) is 0 Å². The first-order chi connectivity index (χ1) is 10.8.